The maximum absolute atomic E-state index is 12.4. The molecule has 0 aliphatic heterocycles. The molecule has 0 aromatic carbocycles. The van der Waals surface area contributed by atoms with Gasteiger partial charge in [0.1, 0.15) is 6.61 Å². The number of hydrogen-bond donors (Lipinski definition) is 3. The van der Waals surface area contributed by atoms with Gasteiger partial charge < -0.3 is 20.7 Å². The van der Waals surface area contributed by atoms with Gasteiger partial charge in [0.2, 0.25) is 0 Å². The van der Waals surface area contributed by atoms with Crippen LogP contribution in [0.25, 0.3) is 0 Å². The number of ether oxygens (including phenoxy) is 1. The van der Waals surface area contributed by atoms with E-state index in [-0.39, 0.29) is 29.3 Å². The van der Waals surface area contributed by atoms with E-state index in [1.54, 1.807) is 7.11 Å². The van der Waals surface area contributed by atoms with E-state index in [4.69, 9.17) is 10.5 Å². The van der Waals surface area contributed by atoms with Crippen molar-refractivity contribution >= 4 is 5.78 Å². The van der Waals surface area contributed by atoms with Gasteiger partial charge in [-0.2, -0.15) is 0 Å². The highest BCUT2D eigenvalue weighted by molar-refractivity contribution is 5.83. The van der Waals surface area contributed by atoms with Crippen molar-refractivity contribution in [1.29, 1.82) is 0 Å². The SMILES string of the molecule is COC[C@@]1(O)CCC2C(=CCC3(N)[C@@H]2CC[C@]2(C)[C@@H](C(=O)CO)CC[C@@H]32)C1. The zero-order valence-electron chi connectivity index (χ0n) is 16.7. The minimum absolute atomic E-state index is 0.00335. The van der Waals surface area contributed by atoms with Crippen molar-refractivity contribution in [3.05, 3.63) is 11.6 Å². The fourth-order valence-corrected chi connectivity index (χ4v) is 7.56. The average molecular weight is 378 g/mol. The number of ketones is 1. The number of aliphatic hydroxyl groups is 2. The molecule has 27 heavy (non-hydrogen) atoms. The molecule has 7 atom stereocenters. The number of Topliss-reactive ketones (excluding diaryl/α,β-unsaturated/α-hetero) is 1. The van der Waals surface area contributed by atoms with Gasteiger partial charge in [-0.05, 0) is 74.5 Å². The average Bonchev–Trinajstić information content (AvgIpc) is 2.99. The van der Waals surface area contributed by atoms with Crippen molar-refractivity contribution in [3.8, 4) is 0 Å². The topological polar surface area (TPSA) is 92.8 Å². The molecular weight excluding hydrogens is 342 g/mol. The van der Waals surface area contributed by atoms with Gasteiger partial charge >= 0.3 is 0 Å². The van der Waals surface area contributed by atoms with Crippen LogP contribution in [0.3, 0.4) is 0 Å². The maximum atomic E-state index is 12.4. The van der Waals surface area contributed by atoms with E-state index in [1.165, 1.54) is 5.57 Å². The Hall–Kier alpha value is -0.750. The third-order valence-corrected chi connectivity index (χ3v) is 8.76. The Morgan fingerprint density at radius 2 is 2.07 bits per heavy atom. The van der Waals surface area contributed by atoms with Gasteiger partial charge in [-0.25, -0.2) is 0 Å². The largest absolute Gasteiger partial charge is 0.389 e. The van der Waals surface area contributed by atoms with E-state index >= 15 is 0 Å². The molecule has 0 aromatic rings. The Morgan fingerprint density at radius 3 is 2.78 bits per heavy atom. The van der Waals surface area contributed by atoms with Crippen LogP contribution < -0.4 is 5.73 Å². The fraction of sp³-hybridized carbons (Fsp3) is 0.864. The van der Waals surface area contributed by atoms with Crippen LogP contribution in [0, 0.1) is 29.1 Å². The number of hydrogen-bond acceptors (Lipinski definition) is 5. The highest BCUT2D eigenvalue weighted by Crippen LogP contribution is 2.64. The number of methoxy groups -OCH3 is 1. The van der Waals surface area contributed by atoms with Gasteiger partial charge in [0.15, 0.2) is 5.78 Å². The number of rotatable bonds is 4. The second-order valence-corrected chi connectivity index (χ2v) is 10.0. The number of nitrogens with two attached hydrogens (primary N) is 1. The van der Waals surface area contributed by atoms with Crippen LogP contribution >= 0.6 is 0 Å². The summed E-state index contributed by atoms with van der Waals surface area (Å²) in [6, 6.07) is 0. The van der Waals surface area contributed by atoms with E-state index in [9.17, 15) is 15.0 Å². The minimum Gasteiger partial charge on any atom is -0.389 e. The first kappa shape index (κ1) is 19.6. The van der Waals surface area contributed by atoms with E-state index in [2.05, 4.69) is 13.0 Å². The summed E-state index contributed by atoms with van der Waals surface area (Å²) in [6.45, 7) is 2.28. The molecule has 4 aliphatic rings. The van der Waals surface area contributed by atoms with Crippen molar-refractivity contribution in [2.45, 2.75) is 69.4 Å². The molecule has 0 amide bonds. The lowest BCUT2D eigenvalue weighted by molar-refractivity contribution is -0.132. The van der Waals surface area contributed by atoms with Crippen molar-refractivity contribution < 1.29 is 19.7 Å². The minimum atomic E-state index is -0.735. The van der Waals surface area contributed by atoms with Crippen molar-refractivity contribution in [3.63, 3.8) is 0 Å². The molecule has 0 saturated heterocycles. The van der Waals surface area contributed by atoms with Gasteiger partial charge in [0.25, 0.3) is 0 Å². The molecule has 2 unspecified atom stereocenters. The molecular formula is C22H35NO4. The summed E-state index contributed by atoms with van der Waals surface area (Å²) in [7, 11) is 1.65. The van der Waals surface area contributed by atoms with Crippen molar-refractivity contribution in [2.75, 3.05) is 20.3 Å². The second kappa shape index (κ2) is 6.65. The van der Waals surface area contributed by atoms with Crippen molar-refractivity contribution in [1.82, 2.24) is 0 Å². The molecule has 5 heteroatoms. The molecule has 0 spiro atoms. The molecule has 0 radical (unpaired) electrons. The van der Waals surface area contributed by atoms with Crippen LogP contribution in [0.15, 0.2) is 11.6 Å². The summed E-state index contributed by atoms with van der Waals surface area (Å²) < 4.78 is 5.25. The number of fused-ring (bicyclic) bond motifs is 5. The lowest BCUT2D eigenvalue weighted by Gasteiger charge is -2.59. The van der Waals surface area contributed by atoms with Gasteiger partial charge in [-0.3, -0.25) is 4.79 Å². The van der Waals surface area contributed by atoms with E-state index in [0.717, 1.165) is 44.9 Å². The highest BCUT2D eigenvalue weighted by Gasteiger charge is 2.63. The first-order chi connectivity index (χ1) is 12.8. The van der Waals surface area contributed by atoms with E-state index in [0.29, 0.717) is 30.8 Å². The van der Waals surface area contributed by atoms with E-state index in [1.807, 2.05) is 0 Å². The predicted octanol–water partition coefficient (Wildman–Crippen LogP) is 2.20. The zero-order chi connectivity index (χ0) is 19.4. The van der Waals surface area contributed by atoms with Crippen LogP contribution in [0.5, 0.6) is 0 Å². The van der Waals surface area contributed by atoms with E-state index < -0.39 is 5.60 Å². The summed E-state index contributed by atoms with van der Waals surface area (Å²) in [5, 5.41) is 20.2. The first-order valence-corrected chi connectivity index (χ1v) is 10.6. The third-order valence-electron chi connectivity index (χ3n) is 8.76. The summed E-state index contributed by atoms with van der Waals surface area (Å²) in [5.41, 5.74) is 7.46. The molecule has 4 rings (SSSR count). The molecule has 4 aliphatic carbocycles. The molecule has 0 aromatic heterocycles. The molecule has 152 valence electrons. The van der Waals surface area contributed by atoms with Crippen LogP contribution in [0.4, 0.5) is 0 Å². The van der Waals surface area contributed by atoms with Crippen molar-refractivity contribution in [2.24, 2.45) is 34.8 Å². The molecule has 0 heterocycles. The lowest BCUT2D eigenvalue weighted by atomic mass is 9.48. The molecule has 5 nitrogen and oxygen atoms in total. The summed E-state index contributed by atoms with van der Waals surface area (Å²) in [5.74, 6) is 1.18. The zero-order valence-corrected chi connectivity index (χ0v) is 16.7. The Labute approximate surface area is 162 Å². The Kier molecular flexibility index (Phi) is 4.82. The van der Waals surface area contributed by atoms with Crippen LogP contribution in [-0.2, 0) is 9.53 Å². The molecule has 0 bridgehead atoms. The quantitative estimate of drug-likeness (QED) is 0.653. The normalized spacial score (nSPS) is 49.0. The first-order valence-electron chi connectivity index (χ1n) is 10.6. The molecule has 4 N–H and O–H groups in total. The van der Waals surface area contributed by atoms with Gasteiger partial charge in [0.05, 0.1) is 12.2 Å². The number of carbonyl (C=O) groups excluding carboxylic acids is 1. The van der Waals surface area contributed by atoms with Gasteiger partial charge in [-0.15, -0.1) is 0 Å². The fourth-order valence-electron chi connectivity index (χ4n) is 7.56. The Balaban J connectivity index is 1.61. The second-order valence-electron chi connectivity index (χ2n) is 10.0. The summed E-state index contributed by atoms with van der Waals surface area (Å²) in [4.78, 5) is 12.4. The number of carbonyl (C=O) groups is 1. The van der Waals surface area contributed by atoms with Gasteiger partial charge in [-0.1, -0.05) is 18.6 Å². The van der Waals surface area contributed by atoms with Crippen LogP contribution in [0.2, 0.25) is 0 Å². The van der Waals surface area contributed by atoms with Gasteiger partial charge in [0, 0.05) is 18.6 Å². The third kappa shape index (κ3) is 2.85. The summed E-state index contributed by atoms with van der Waals surface area (Å²) >= 11 is 0. The molecule has 3 fully saturated rings. The number of aliphatic hydroxyl groups excluding tert-OH is 1. The lowest BCUT2D eigenvalue weighted by Crippen LogP contribution is -2.64. The monoisotopic (exact) mass is 377 g/mol. The summed E-state index contributed by atoms with van der Waals surface area (Å²) in [6.07, 6.45) is 9.49. The predicted molar refractivity (Wildman–Crippen MR) is 103 cm³/mol. The van der Waals surface area contributed by atoms with Crippen LogP contribution in [-0.4, -0.2) is 47.5 Å². The maximum Gasteiger partial charge on any atom is 0.161 e. The van der Waals surface area contributed by atoms with Crippen LogP contribution in [0.1, 0.15) is 58.3 Å². The smallest absolute Gasteiger partial charge is 0.161 e. The molecule has 3 saturated carbocycles. The Morgan fingerprint density at radius 1 is 1.30 bits per heavy atom. The standard InChI is InChI=1S/C22H35NO4/c1-20-8-7-16-15-6-9-21(26,13-27-2)11-14(15)5-10-22(16,23)19(20)4-3-17(20)18(25)12-24/h5,15-17,19,24,26H,3-4,6-13,23H2,1-2H3/t15?,16-,17-,19-,20-,21-,22?/m1/s1. The highest BCUT2D eigenvalue weighted by atomic mass is 16.5. The Bertz CT molecular complexity index is 648.